The third-order valence-electron chi connectivity index (χ3n) is 6.66. The minimum atomic E-state index is -0.234. The van der Waals surface area contributed by atoms with Crippen molar-refractivity contribution in [1.82, 2.24) is 4.90 Å². The number of hydrogen-bond acceptors (Lipinski definition) is 6. The molecule has 2 aliphatic rings. The molecule has 0 aromatic heterocycles. The highest BCUT2D eigenvalue weighted by Crippen LogP contribution is 2.43. The van der Waals surface area contributed by atoms with Crippen molar-refractivity contribution in [2.75, 3.05) is 34.5 Å². The molecule has 0 saturated heterocycles. The van der Waals surface area contributed by atoms with Crippen LogP contribution >= 0.6 is 0 Å². The molecule has 1 aliphatic heterocycles. The molecule has 0 radical (unpaired) electrons. The van der Waals surface area contributed by atoms with E-state index in [1.165, 1.54) is 5.56 Å². The number of methoxy groups -OCH3 is 3. The number of benzene rings is 2. The Hall–Kier alpha value is -2.44. The van der Waals surface area contributed by atoms with Crippen LogP contribution in [0.4, 0.5) is 0 Å². The Labute approximate surface area is 184 Å². The van der Waals surface area contributed by atoms with E-state index < -0.39 is 0 Å². The lowest BCUT2D eigenvalue weighted by Gasteiger charge is -2.41. The van der Waals surface area contributed by atoms with E-state index in [1.54, 1.807) is 21.3 Å². The number of aliphatic hydroxyl groups excluding tert-OH is 1. The third kappa shape index (κ3) is 4.46. The van der Waals surface area contributed by atoms with Gasteiger partial charge in [0.1, 0.15) is 11.4 Å². The molecule has 1 fully saturated rings. The topological polar surface area (TPSA) is 60.4 Å². The first-order valence-electron chi connectivity index (χ1n) is 11.0. The second-order valence-electron chi connectivity index (χ2n) is 8.66. The summed E-state index contributed by atoms with van der Waals surface area (Å²) in [5, 5.41) is 9.60. The van der Waals surface area contributed by atoms with Crippen molar-refractivity contribution in [1.29, 1.82) is 0 Å². The van der Waals surface area contributed by atoms with Gasteiger partial charge in [0.25, 0.3) is 0 Å². The normalized spacial score (nSPS) is 23.5. The Morgan fingerprint density at radius 3 is 2.42 bits per heavy atom. The molecule has 1 saturated carbocycles. The summed E-state index contributed by atoms with van der Waals surface area (Å²) < 4.78 is 23.4. The molecule has 0 bridgehead atoms. The van der Waals surface area contributed by atoms with E-state index in [9.17, 15) is 5.11 Å². The minimum Gasteiger partial charge on any atom is -0.493 e. The highest BCUT2D eigenvalue weighted by molar-refractivity contribution is 5.55. The summed E-state index contributed by atoms with van der Waals surface area (Å²) in [6.45, 7) is 2.61. The number of aliphatic hydroxyl groups is 1. The third-order valence-corrected chi connectivity index (χ3v) is 6.66. The zero-order valence-corrected chi connectivity index (χ0v) is 18.7. The molecule has 31 heavy (non-hydrogen) atoms. The van der Waals surface area contributed by atoms with Crippen LogP contribution in [0.25, 0.3) is 0 Å². The molecule has 6 nitrogen and oxygen atoms in total. The van der Waals surface area contributed by atoms with Crippen LogP contribution in [0.5, 0.6) is 23.0 Å². The number of para-hydroxylation sites is 1. The van der Waals surface area contributed by atoms with Gasteiger partial charge >= 0.3 is 0 Å². The van der Waals surface area contributed by atoms with Crippen molar-refractivity contribution < 1.29 is 24.1 Å². The molecule has 1 aliphatic carbocycles. The van der Waals surface area contributed by atoms with Crippen LogP contribution in [0.1, 0.15) is 36.8 Å². The van der Waals surface area contributed by atoms with E-state index in [0.717, 1.165) is 50.1 Å². The summed E-state index contributed by atoms with van der Waals surface area (Å²) in [6, 6.07) is 12.3. The van der Waals surface area contributed by atoms with Crippen molar-refractivity contribution in [3.05, 3.63) is 47.5 Å². The van der Waals surface area contributed by atoms with Gasteiger partial charge < -0.3 is 24.1 Å². The van der Waals surface area contributed by atoms with E-state index in [2.05, 4.69) is 23.1 Å². The number of ether oxygens (including phenoxy) is 4. The molecule has 6 heteroatoms. The van der Waals surface area contributed by atoms with E-state index >= 15 is 0 Å². The summed E-state index contributed by atoms with van der Waals surface area (Å²) >= 11 is 0. The predicted molar refractivity (Wildman–Crippen MR) is 119 cm³/mol. The summed E-state index contributed by atoms with van der Waals surface area (Å²) in [7, 11) is 4.93. The van der Waals surface area contributed by atoms with Crippen LogP contribution in [0.3, 0.4) is 0 Å². The zero-order chi connectivity index (χ0) is 21.8. The van der Waals surface area contributed by atoms with Crippen molar-refractivity contribution in [2.45, 2.75) is 44.4 Å². The monoisotopic (exact) mass is 427 g/mol. The van der Waals surface area contributed by atoms with Gasteiger partial charge in [0.05, 0.1) is 21.3 Å². The maximum absolute atomic E-state index is 9.60. The summed E-state index contributed by atoms with van der Waals surface area (Å²) in [5.74, 6) is 3.34. The van der Waals surface area contributed by atoms with Crippen LogP contribution in [-0.4, -0.2) is 50.1 Å². The highest BCUT2D eigenvalue weighted by atomic mass is 16.5. The summed E-state index contributed by atoms with van der Waals surface area (Å²) in [5.41, 5.74) is 2.02. The van der Waals surface area contributed by atoms with E-state index in [4.69, 9.17) is 18.9 Å². The maximum atomic E-state index is 9.60. The van der Waals surface area contributed by atoms with Crippen LogP contribution < -0.4 is 18.9 Å². The van der Waals surface area contributed by atoms with E-state index in [0.29, 0.717) is 29.7 Å². The van der Waals surface area contributed by atoms with Crippen LogP contribution in [0.15, 0.2) is 36.4 Å². The SMILES string of the molecule is COc1ccc(CN2Cc3ccccc3OC3(CCC(CO)CC3)C2)c(OC)c1OC. The highest BCUT2D eigenvalue weighted by Gasteiger charge is 2.41. The van der Waals surface area contributed by atoms with Crippen LogP contribution in [0.2, 0.25) is 0 Å². The molecule has 1 heterocycles. The van der Waals surface area contributed by atoms with Gasteiger partial charge in [0.2, 0.25) is 5.75 Å². The fourth-order valence-electron chi connectivity index (χ4n) is 4.99. The molecular weight excluding hydrogens is 394 g/mol. The zero-order valence-electron chi connectivity index (χ0n) is 18.7. The lowest BCUT2D eigenvalue weighted by Crippen LogP contribution is -2.48. The lowest BCUT2D eigenvalue weighted by atomic mass is 9.78. The second-order valence-corrected chi connectivity index (χ2v) is 8.66. The smallest absolute Gasteiger partial charge is 0.203 e. The molecular formula is C25H33NO5. The predicted octanol–water partition coefficient (Wildman–Crippen LogP) is 4.03. The number of fused-ring (bicyclic) bond motifs is 1. The van der Waals surface area contributed by atoms with Crippen molar-refractivity contribution in [2.24, 2.45) is 5.92 Å². The van der Waals surface area contributed by atoms with Gasteiger partial charge in [-0.3, -0.25) is 4.90 Å². The molecule has 2 aromatic rings. The van der Waals surface area contributed by atoms with Gasteiger partial charge in [-0.2, -0.15) is 0 Å². The van der Waals surface area contributed by atoms with Gasteiger partial charge in [0, 0.05) is 37.4 Å². The van der Waals surface area contributed by atoms with Crippen LogP contribution in [-0.2, 0) is 13.1 Å². The quantitative estimate of drug-likeness (QED) is 0.751. The van der Waals surface area contributed by atoms with Gasteiger partial charge in [-0.25, -0.2) is 0 Å². The summed E-state index contributed by atoms with van der Waals surface area (Å²) in [4.78, 5) is 2.44. The number of rotatable bonds is 6. The number of nitrogens with zero attached hydrogens (tertiary/aromatic N) is 1. The molecule has 1 N–H and O–H groups in total. The minimum absolute atomic E-state index is 0.234. The number of hydrogen-bond donors (Lipinski definition) is 1. The molecule has 4 rings (SSSR count). The standard InChI is InChI=1S/C25H33NO5/c1-28-22-9-8-20(23(29-2)24(22)30-3)15-26-14-19-6-4-5-7-21(19)31-25(17-26)12-10-18(16-27)11-13-25/h4-9,18,27H,10-17H2,1-3H3. The van der Waals surface area contributed by atoms with Crippen molar-refractivity contribution in [3.63, 3.8) is 0 Å². The molecule has 0 unspecified atom stereocenters. The molecule has 2 aromatic carbocycles. The molecule has 1 spiro atoms. The fraction of sp³-hybridized carbons (Fsp3) is 0.520. The Bertz CT molecular complexity index is 891. The van der Waals surface area contributed by atoms with E-state index in [1.807, 2.05) is 18.2 Å². The largest absolute Gasteiger partial charge is 0.493 e. The van der Waals surface area contributed by atoms with Gasteiger partial charge in [-0.15, -0.1) is 0 Å². The van der Waals surface area contributed by atoms with Gasteiger partial charge in [-0.1, -0.05) is 24.3 Å². The average Bonchev–Trinajstić information content (AvgIpc) is 2.95. The van der Waals surface area contributed by atoms with Crippen molar-refractivity contribution in [3.8, 4) is 23.0 Å². The Morgan fingerprint density at radius 1 is 1.00 bits per heavy atom. The van der Waals surface area contributed by atoms with Gasteiger partial charge in [-0.05, 0) is 43.7 Å². The van der Waals surface area contributed by atoms with Crippen LogP contribution in [0, 0.1) is 5.92 Å². The van der Waals surface area contributed by atoms with Crippen molar-refractivity contribution >= 4 is 0 Å². The lowest BCUT2D eigenvalue weighted by molar-refractivity contribution is -0.0155. The van der Waals surface area contributed by atoms with Gasteiger partial charge in [0.15, 0.2) is 11.5 Å². The first-order valence-corrected chi connectivity index (χ1v) is 11.0. The first-order chi connectivity index (χ1) is 15.1. The Kier molecular flexibility index (Phi) is 6.58. The molecule has 168 valence electrons. The summed E-state index contributed by atoms with van der Waals surface area (Å²) in [6.07, 6.45) is 3.89. The Morgan fingerprint density at radius 2 is 1.74 bits per heavy atom. The fourth-order valence-corrected chi connectivity index (χ4v) is 4.99. The molecule has 0 atom stereocenters. The molecule has 0 amide bonds. The van der Waals surface area contributed by atoms with E-state index in [-0.39, 0.29) is 12.2 Å². The second kappa shape index (κ2) is 9.37. The Balaban J connectivity index is 1.65. The first kappa shape index (κ1) is 21.8. The average molecular weight is 428 g/mol. The maximum Gasteiger partial charge on any atom is 0.203 e.